The Hall–Kier alpha value is -4.69. The molecular weight excluding hydrogens is 510 g/mol. The maximum atomic E-state index is 12.7. The van der Waals surface area contributed by atoms with Crippen LogP contribution in [0.1, 0.15) is 38.8 Å². The summed E-state index contributed by atoms with van der Waals surface area (Å²) in [6.07, 6.45) is -0.540. The lowest BCUT2D eigenvalue weighted by atomic mass is 9.98. The zero-order valence-corrected chi connectivity index (χ0v) is 22.2. The van der Waals surface area contributed by atoms with Gasteiger partial charge < -0.3 is 14.4 Å². The summed E-state index contributed by atoms with van der Waals surface area (Å²) in [5, 5.41) is 14.3. The lowest BCUT2D eigenvalue weighted by Crippen LogP contribution is -2.17. The number of hydrogen-bond acceptors (Lipinski definition) is 5. The second kappa shape index (κ2) is 9.89. The molecule has 0 spiro atoms. The minimum Gasteiger partial charge on any atom is -0.478 e. The SMILES string of the molecule is Cc1cc(-c2csc(NC(=O)OCC3c4ccccc4-c4ccccc43)n2)c(C)n1-c1ccc(C(=O)O)cc1. The van der Waals surface area contributed by atoms with Crippen molar-refractivity contribution in [2.24, 2.45) is 0 Å². The van der Waals surface area contributed by atoms with Crippen molar-refractivity contribution in [3.8, 4) is 28.1 Å². The number of fused-ring (bicyclic) bond motifs is 3. The lowest BCUT2D eigenvalue weighted by molar-refractivity contribution is 0.0697. The normalized spacial score (nSPS) is 12.2. The summed E-state index contributed by atoms with van der Waals surface area (Å²) in [5.41, 5.74) is 9.44. The Bertz CT molecular complexity index is 1670. The van der Waals surface area contributed by atoms with Crippen LogP contribution < -0.4 is 5.32 Å². The van der Waals surface area contributed by atoms with Crippen LogP contribution in [0.4, 0.5) is 9.93 Å². The first-order valence-corrected chi connectivity index (χ1v) is 13.4. The van der Waals surface area contributed by atoms with Gasteiger partial charge in [-0.2, -0.15) is 0 Å². The van der Waals surface area contributed by atoms with Crippen molar-refractivity contribution in [1.82, 2.24) is 9.55 Å². The highest BCUT2D eigenvalue weighted by Crippen LogP contribution is 2.44. The Morgan fingerprint density at radius 3 is 2.23 bits per heavy atom. The molecule has 2 heterocycles. The number of amides is 1. The number of ether oxygens (including phenoxy) is 1. The van der Waals surface area contributed by atoms with Crippen LogP contribution in [0, 0.1) is 13.8 Å². The predicted octanol–water partition coefficient (Wildman–Crippen LogP) is 7.28. The Morgan fingerprint density at radius 2 is 1.59 bits per heavy atom. The fourth-order valence-corrected chi connectivity index (χ4v) is 6.05. The van der Waals surface area contributed by atoms with Gasteiger partial charge in [0, 0.05) is 33.9 Å². The van der Waals surface area contributed by atoms with Crippen LogP contribution in [0.25, 0.3) is 28.1 Å². The summed E-state index contributed by atoms with van der Waals surface area (Å²) in [6.45, 7) is 4.22. The van der Waals surface area contributed by atoms with Crippen molar-refractivity contribution in [2.75, 3.05) is 11.9 Å². The number of benzene rings is 3. The quantitative estimate of drug-likeness (QED) is 0.238. The van der Waals surface area contributed by atoms with Crippen molar-refractivity contribution < 1.29 is 19.4 Å². The van der Waals surface area contributed by atoms with E-state index in [2.05, 4.69) is 39.1 Å². The molecule has 0 bridgehead atoms. The number of thiazole rings is 1. The summed E-state index contributed by atoms with van der Waals surface area (Å²) in [5.74, 6) is -0.966. The minimum atomic E-state index is -0.956. The highest BCUT2D eigenvalue weighted by atomic mass is 32.1. The molecular formula is C31H25N3O4S. The maximum absolute atomic E-state index is 12.7. The van der Waals surface area contributed by atoms with Gasteiger partial charge in [0.25, 0.3) is 0 Å². The number of nitrogens with zero attached hydrogens (tertiary/aromatic N) is 2. The first-order valence-electron chi connectivity index (χ1n) is 12.5. The first kappa shape index (κ1) is 24.6. The molecule has 2 aromatic heterocycles. The number of nitrogens with one attached hydrogen (secondary N) is 1. The average Bonchev–Trinajstić information content (AvgIpc) is 3.61. The Kier molecular flexibility index (Phi) is 6.24. The summed E-state index contributed by atoms with van der Waals surface area (Å²) >= 11 is 1.34. The number of carbonyl (C=O) groups is 2. The topological polar surface area (TPSA) is 93.5 Å². The summed E-state index contributed by atoms with van der Waals surface area (Å²) < 4.78 is 7.72. The number of aryl methyl sites for hydroxylation is 1. The third-order valence-electron chi connectivity index (χ3n) is 7.14. The zero-order chi connectivity index (χ0) is 27.1. The number of carbonyl (C=O) groups excluding carboxylic acids is 1. The molecule has 2 N–H and O–H groups in total. The van der Waals surface area contributed by atoms with Crippen LogP contribution in [0.15, 0.2) is 84.2 Å². The number of anilines is 1. The maximum Gasteiger partial charge on any atom is 0.413 e. The predicted molar refractivity (Wildman–Crippen MR) is 152 cm³/mol. The van der Waals surface area contributed by atoms with Crippen LogP contribution in [0.2, 0.25) is 0 Å². The van der Waals surface area contributed by atoms with E-state index in [9.17, 15) is 14.7 Å². The van der Waals surface area contributed by atoms with E-state index >= 15 is 0 Å². The number of carboxylic acids is 1. The fraction of sp³-hybridized carbons (Fsp3) is 0.129. The van der Waals surface area contributed by atoms with Gasteiger partial charge in [0.1, 0.15) is 6.61 Å². The molecule has 0 aliphatic heterocycles. The van der Waals surface area contributed by atoms with Crippen LogP contribution in [0.5, 0.6) is 0 Å². The number of hydrogen-bond donors (Lipinski definition) is 2. The molecule has 1 aliphatic carbocycles. The monoisotopic (exact) mass is 535 g/mol. The van der Waals surface area contributed by atoms with Crippen molar-refractivity contribution in [2.45, 2.75) is 19.8 Å². The molecule has 3 aromatic carbocycles. The Labute approximate surface area is 229 Å². The van der Waals surface area contributed by atoms with Gasteiger partial charge in [-0.05, 0) is 66.4 Å². The molecule has 0 fully saturated rings. The molecule has 0 saturated carbocycles. The van der Waals surface area contributed by atoms with E-state index in [4.69, 9.17) is 4.74 Å². The third-order valence-corrected chi connectivity index (χ3v) is 7.89. The second-order valence-electron chi connectivity index (χ2n) is 9.46. The molecule has 0 unspecified atom stereocenters. The second-order valence-corrected chi connectivity index (χ2v) is 10.3. The van der Waals surface area contributed by atoms with Gasteiger partial charge >= 0.3 is 12.1 Å². The standard InChI is InChI=1S/C31H25N3O4S/c1-18-15-26(19(2)34(18)21-13-11-20(12-14-21)29(35)36)28-17-39-30(32-28)33-31(37)38-16-27-24-9-5-3-7-22(24)23-8-4-6-10-25(23)27/h3-15,17,27H,16H2,1-2H3,(H,35,36)(H,32,33,37). The number of aromatic carboxylic acids is 1. The van der Waals surface area contributed by atoms with Crippen molar-refractivity contribution >= 4 is 28.5 Å². The van der Waals surface area contributed by atoms with Crippen LogP contribution in [-0.4, -0.2) is 33.3 Å². The Balaban J connectivity index is 1.16. The molecule has 39 heavy (non-hydrogen) atoms. The molecule has 6 rings (SSSR count). The highest BCUT2D eigenvalue weighted by molar-refractivity contribution is 7.14. The van der Waals surface area contributed by atoms with Gasteiger partial charge in [-0.25, -0.2) is 14.6 Å². The Morgan fingerprint density at radius 1 is 0.949 bits per heavy atom. The zero-order valence-electron chi connectivity index (χ0n) is 21.3. The van der Waals surface area contributed by atoms with Gasteiger partial charge in [-0.15, -0.1) is 11.3 Å². The highest BCUT2D eigenvalue weighted by Gasteiger charge is 2.29. The number of rotatable bonds is 6. The van der Waals surface area contributed by atoms with E-state index in [1.165, 1.54) is 22.5 Å². The van der Waals surface area contributed by atoms with Crippen molar-refractivity contribution in [3.63, 3.8) is 0 Å². The smallest absolute Gasteiger partial charge is 0.413 e. The molecule has 8 heteroatoms. The van der Waals surface area contributed by atoms with E-state index in [0.717, 1.165) is 39.5 Å². The van der Waals surface area contributed by atoms with Gasteiger partial charge in [0.15, 0.2) is 5.13 Å². The van der Waals surface area contributed by atoms with E-state index in [1.54, 1.807) is 24.3 Å². The van der Waals surface area contributed by atoms with Gasteiger partial charge in [-0.3, -0.25) is 5.32 Å². The summed E-state index contributed by atoms with van der Waals surface area (Å²) in [4.78, 5) is 28.5. The molecule has 1 aliphatic rings. The van der Waals surface area contributed by atoms with E-state index in [1.807, 2.05) is 49.6 Å². The molecule has 7 nitrogen and oxygen atoms in total. The van der Waals surface area contributed by atoms with Gasteiger partial charge in [-0.1, -0.05) is 48.5 Å². The fourth-order valence-electron chi connectivity index (χ4n) is 5.35. The molecule has 0 radical (unpaired) electrons. The van der Waals surface area contributed by atoms with E-state index in [0.29, 0.717) is 5.13 Å². The first-order chi connectivity index (χ1) is 18.9. The van der Waals surface area contributed by atoms with Crippen molar-refractivity contribution in [1.29, 1.82) is 0 Å². The van der Waals surface area contributed by atoms with E-state index in [-0.39, 0.29) is 18.1 Å². The molecule has 0 atom stereocenters. The minimum absolute atomic E-state index is 0.00930. The largest absolute Gasteiger partial charge is 0.478 e. The third kappa shape index (κ3) is 4.49. The number of aromatic nitrogens is 2. The molecule has 5 aromatic rings. The number of carboxylic acid groups (broad SMARTS) is 1. The molecule has 0 saturated heterocycles. The molecule has 194 valence electrons. The van der Waals surface area contributed by atoms with Gasteiger partial charge in [0.2, 0.25) is 0 Å². The summed E-state index contributed by atoms with van der Waals surface area (Å²) in [7, 11) is 0. The van der Waals surface area contributed by atoms with E-state index < -0.39 is 12.1 Å². The van der Waals surface area contributed by atoms with Crippen LogP contribution in [-0.2, 0) is 4.74 Å². The summed E-state index contributed by atoms with van der Waals surface area (Å²) in [6, 6.07) is 25.3. The average molecular weight is 536 g/mol. The van der Waals surface area contributed by atoms with Crippen LogP contribution >= 0.6 is 11.3 Å². The lowest BCUT2D eigenvalue weighted by Gasteiger charge is -2.14. The van der Waals surface area contributed by atoms with Crippen molar-refractivity contribution in [3.05, 3.63) is 112 Å². The van der Waals surface area contributed by atoms with Gasteiger partial charge in [0.05, 0.1) is 11.3 Å². The molecule has 1 amide bonds. The van der Waals surface area contributed by atoms with Crippen LogP contribution in [0.3, 0.4) is 0 Å².